The fraction of sp³-hybridized carbons (Fsp3) is 0.480. The number of likely N-dealkylation sites (tertiary alicyclic amines) is 1. The Bertz CT molecular complexity index is 949. The van der Waals surface area contributed by atoms with E-state index in [9.17, 15) is 0 Å². The maximum atomic E-state index is 6.57. The quantitative estimate of drug-likeness (QED) is 0.457. The van der Waals surface area contributed by atoms with Crippen molar-refractivity contribution in [3.8, 4) is 0 Å². The molecular weight excluding hydrogens is 378 g/mol. The number of benzene rings is 2. The molecule has 1 aromatic heterocycles. The molecule has 152 valence electrons. The van der Waals surface area contributed by atoms with Gasteiger partial charge in [0, 0.05) is 24.7 Å². The van der Waals surface area contributed by atoms with Crippen LogP contribution in [-0.4, -0.2) is 27.5 Å². The molecule has 3 nitrogen and oxygen atoms in total. The minimum absolute atomic E-state index is 0.212. The van der Waals surface area contributed by atoms with E-state index in [4.69, 9.17) is 11.6 Å². The van der Waals surface area contributed by atoms with Gasteiger partial charge in [0.05, 0.1) is 11.0 Å². The van der Waals surface area contributed by atoms with Crippen LogP contribution in [0.25, 0.3) is 11.0 Å². The molecule has 3 aromatic rings. The maximum absolute atomic E-state index is 6.57. The lowest BCUT2D eigenvalue weighted by molar-refractivity contribution is 0.0360. The van der Waals surface area contributed by atoms with Crippen molar-refractivity contribution < 1.29 is 0 Å². The number of aromatic nitrogens is 2. The number of nitrogens with zero attached hydrogens (tertiary/aromatic N) is 3. The number of hydrogen-bond donors (Lipinski definition) is 0. The highest BCUT2D eigenvalue weighted by molar-refractivity contribution is 6.29. The lowest BCUT2D eigenvalue weighted by Gasteiger charge is -2.48. The molecule has 0 spiro atoms. The minimum Gasteiger partial charge on any atom is -0.311 e. The predicted molar refractivity (Wildman–Crippen MR) is 120 cm³/mol. The van der Waals surface area contributed by atoms with Gasteiger partial charge in [-0.05, 0) is 55.0 Å². The van der Waals surface area contributed by atoms with Crippen molar-refractivity contribution in [1.29, 1.82) is 0 Å². The summed E-state index contributed by atoms with van der Waals surface area (Å²) in [6.07, 6.45) is 10.3. The van der Waals surface area contributed by atoms with Crippen molar-refractivity contribution >= 4 is 22.6 Å². The van der Waals surface area contributed by atoms with Gasteiger partial charge in [0.25, 0.3) is 0 Å². The normalized spacial score (nSPS) is 21.3. The third-order valence-corrected chi connectivity index (χ3v) is 7.50. The minimum atomic E-state index is 0.212. The van der Waals surface area contributed by atoms with E-state index in [1.807, 2.05) is 6.07 Å². The van der Waals surface area contributed by atoms with Crippen LogP contribution in [0.4, 0.5) is 0 Å². The average molecular weight is 408 g/mol. The van der Waals surface area contributed by atoms with Crippen molar-refractivity contribution in [3.05, 3.63) is 65.4 Å². The number of hydrogen-bond acceptors (Lipinski definition) is 2. The standard InChI is InChI=1S/C25H30ClN3/c26-24-27-22-12-6-7-13-23(22)29(24)21-14-18-28(19-15-21)25(16-8-1-2-9-17-25)20-10-4-3-5-11-20/h3-7,10-13,21H,1-2,8-9,14-19H2. The Morgan fingerprint density at radius 2 is 1.48 bits per heavy atom. The summed E-state index contributed by atoms with van der Waals surface area (Å²) >= 11 is 6.57. The summed E-state index contributed by atoms with van der Waals surface area (Å²) in [5.41, 5.74) is 3.91. The molecule has 1 saturated heterocycles. The van der Waals surface area contributed by atoms with Crippen LogP contribution in [0.5, 0.6) is 0 Å². The zero-order chi connectivity index (χ0) is 19.7. The molecule has 1 aliphatic heterocycles. The molecule has 29 heavy (non-hydrogen) atoms. The molecule has 2 fully saturated rings. The van der Waals surface area contributed by atoms with Gasteiger partial charge in [-0.3, -0.25) is 4.90 Å². The molecular formula is C25H30ClN3. The molecule has 0 radical (unpaired) electrons. The van der Waals surface area contributed by atoms with Crippen molar-refractivity contribution in [1.82, 2.24) is 14.5 Å². The molecule has 0 N–H and O–H groups in total. The monoisotopic (exact) mass is 407 g/mol. The summed E-state index contributed by atoms with van der Waals surface area (Å²) in [5, 5.41) is 0.636. The number of fused-ring (bicyclic) bond motifs is 1. The Morgan fingerprint density at radius 1 is 0.828 bits per heavy atom. The summed E-state index contributed by atoms with van der Waals surface area (Å²) < 4.78 is 2.27. The van der Waals surface area contributed by atoms with Crippen LogP contribution in [0.1, 0.15) is 63.0 Å². The van der Waals surface area contributed by atoms with E-state index in [1.54, 1.807) is 0 Å². The van der Waals surface area contributed by atoms with Gasteiger partial charge in [-0.15, -0.1) is 0 Å². The first-order valence-electron chi connectivity index (χ1n) is 11.2. The Kier molecular flexibility index (Phi) is 5.36. The Hall–Kier alpha value is -1.84. The van der Waals surface area contributed by atoms with Crippen LogP contribution in [0.15, 0.2) is 54.6 Å². The highest BCUT2D eigenvalue weighted by Crippen LogP contribution is 2.44. The third-order valence-electron chi connectivity index (χ3n) is 7.23. The van der Waals surface area contributed by atoms with Gasteiger partial charge in [0.1, 0.15) is 0 Å². The lowest BCUT2D eigenvalue weighted by Crippen LogP contribution is -2.49. The Morgan fingerprint density at radius 3 is 2.21 bits per heavy atom. The smallest absolute Gasteiger partial charge is 0.204 e. The SMILES string of the molecule is Clc1nc2ccccc2n1C1CCN(C2(c3ccccc3)CCCCCC2)CC1. The van der Waals surface area contributed by atoms with Gasteiger partial charge < -0.3 is 4.57 Å². The van der Waals surface area contributed by atoms with Crippen molar-refractivity contribution in [2.75, 3.05) is 13.1 Å². The first kappa shape index (κ1) is 19.1. The van der Waals surface area contributed by atoms with Crippen LogP contribution >= 0.6 is 11.6 Å². The van der Waals surface area contributed by atoms with E-state index in [2.05, 4.69) is 63.0 Å². The van der Waals surface area contributed by atoms with Crippen LogP contribution in [0.3, 0.4) is 0 Å². The maximum Gasteiger partial charge on any atom is 0.204 e. The van der Waals surface area contributed by atoms with Gasteiger partial charge >= 0.3 is 0 Å². The number of halogens is 1. The second-order valence-electron chi connectivity index (χ2n) is 8.77. The summed E-state index contributed by atoms with van der Waals surface area (Å²) in [7, 11) is 0. The summed E-state index contributed by atoms with van der Waals surface area (Å²) in [5.74, 6) is 0. The van der Waals surface area contributed by atoms with Crippen LogP contribution in [0, 0.1) is 0 Å². The highest BCUT2D eigenvalue weighted by atomic mass is 35.5. The number of rotatable bonds is 3. The van der Waals surface area contributed by atoms with Gasteiger partial charge in [0.2, 0.25) is 5.28 Å². The first-order valence-corrected chi connectivity index (χ1v) is 11.6. The number of piperidine rings is 1. The molecule has 1 aliphatic carbocycles. The van der Waals surface area contributed by atoms with E-state index in [-0.39, 0.29) is 5.54 Å². The van der Waals surface area contributed by atoms with Crippen LogP contribution in [0.2, 0.25) is 5.28 Å². The lowest BCUT2D eigenvalue weighted by atomic mass is 9.79. The van der Waals surface area contributed by atoms with Gasteiger partial charge in [-0.2, -0.15) is 0 Å². The second-order valence-corrected chi connectivity index (χ2v) is 9.11. The molecule has 4 heteroatoms. The zero-order valence-corrected chi connectivity index (χ0v) is 17.8. The topological polar surface area (TPSA) is 21.1 Å². The van der Waals surface area contributed by atoms with E-state index in [0.717, 1.165) is 31.4 Å². The fourth-order valence-electron chi connectivity index (χ4n) is 5.76. The van der Waals surface area contributed by atoms with E-state index in [0.29, 0.717) is 11.3 Å². The van der Waals surface area contributed by atoms with Crippen molar-refractivity contribution in [2.45, 2.75) is 62.9 Å². The second kappa shape index (κ2) is 8.12. The van der Waals surface area contributed by atoms with E-state index >= 15 is 0 Å². The summed E-state index contributed by atoms with van der Waals surface area (Å²) in [6, 6.07) is 20.1. The molecule has 2 heterocycles. The predicted octanol–water partition coefficient (Wildman–Crippen LogP) is 6.58. The summed E-state index contributed by atoms with van der Waals surface area (Å²) in [6.45, 7) is 2.25. The number of imidazole rings is 1. The third kappa shape index (κ3) is 3.49. The molecule has 0 atom stereocenters. The first-order chi connectivity index (χ1) is 14.3. The van der Waals surface area contributed by atoms with Crippen molar-refractivity contribution in [2.24, 2.45) is 0 Å². The molecule has 0 bridgehead atoms. The molecule has 5 rings (SSSR count). The highest BCUT2D eigenvalue weighted by Gasteiger charge is 2.40. The molecule has 1 saturated carbocycles. The van der Waals surface area contributed by atoms with Crippen LogP contribution in [-0.2, 0) is 5.54 Å². The van der Waals surface area contributed by atoms with Crippen LogP contribution < -0.4 is 0 Å². The largest absolute Gasteiger partial charge is 0.311 e. The Labute approximate surface area is 178 Å². The molecule has 0 unspecified atom stereocenters. The van der Waals surface area contributed by atoms with E-state index in [1.165, 1.54) is 49.6 Å². The van der Waals surface area contributed by atoms with Gasteiger partial charge in [-0.1, -0.05) is 68.1 Å². The molecule has 2 aliphatic rings. The fourth-order valence-corrected chi connectivity index (χ4v) is 6.08. The molecule has 2 aromatic carbocycles. The van der Waals surface area contributed by atoms with E-state index < -0.39 is 0 Å². The Balaban J connectivity index is 1.41. The van der Waals surface area contributed by atoms with Gasteiger partial charge in [0.15, 0.2) is 0 Å². The molecule has 0 amide bonds. The van der Waals surface area contributed by atoms with Gasteiger partial charge in [-0.25, -0.2) is 4.98 Å². The van der Waals surface area contributed by atoms with Crippen molar-refractivity contribution in [3.63, 3.8) is 0 Å². The number of para-hydroxylation sites is 2. The average Bonchev–Trinajstić information content (AvgIpc) is 2.93. The summed E-state index contributed by atoms with van der Waals surface area (Å²) in [4.78, 5) is 7.39. The zero-order valence-electron chi connectivity index (χ0n) is 17.1.